The molecule has 1 amide bonds. The van der Waals surface area contributed by atoms with Crippen molar-refractivity contribution < 1.29 is 14.3 Å². The summed E-state index contributed by atoms with van der Waals surface area (Å²) in [4.78, 5) is 14.1. The molecule has 0 spiro atoms. The fourth-order valence-electron chi connectivity index (χ4n) is 2.15. The van der Waals surface area contributed by atoms with Gasteiger partial charge in [-0.05, 0) is 41.5 Å². The molecule has 5 heteroatoms. The van der Waals surface area contributed by atoms with Crippen molar-refractivity contribution in [3.63, 3.8) is 0 Å². The van der Waals surface area contributed by atoms with Crippen LogP contribution in [0.1, 0.15) is 48.5 Å². The summed E-state index contributed by atoms with van der Waals surface area (Å²) in [6, 6.07) is 0. The first-order chi connectivity index (χ1) is 9.43. The van der Waals surface area contributed by atoms with Gasteiger partial charge < -0.3 is 19.7 Å². The highest BCUT2D eigenvalue weighted by Crippen LogP contribution is 2.25. The number of carbonyl (C=O) groups is 1. The van der Waals surface area contributed by atoms with Crippen LogP contribution in [0.3, 0.4) is 0 Å². The predicted molar refractivity (Wildman–Crippen MR) is 84.5 cm³/mol. The van der Waals surface area contributed by atoms with Crippen LogP contribution in [-0.2, 0) is 9.47 Å². The Bertz CT molecular complexity index is 352. The Morgan fingerprint density at radius 1 is 1.24 bits per heavy atom. The molecule has 0 radical (unpaired) electrons. The van der Waals surface area contributed by atoms with E-state index < -0.39 is 5.60 Å². The third kappa shape index (κ3) is 6.22. The monoisotopic (exact) mass is 300 g/mol. The standard InChI is InChI=1S/C16H32N2O3/c1-14(2,3)18(13(19)21-15(4,5)6)9-8-17-10-16(7)11-20-12-16/h17H,8-12H2,1-7H3. The number of rotatable bonds is 5. The molecule has 1 rings (SSSR count). The SMILES string of the molecule is CC1(CNCCN(C(=O)OC(C)(C)C)C(C)(C)C)COC1. The van der Waals surface area contributed by atoms with Gasteiger partial charge in [0.2, 0.25) is 0 Å². The normalized spacial score (nSPS) is 18.0. The second kappa shape index (κ2) is 6.53. The first-order valence-corrected chi connectivity index (χ1v) is 7.72. The molecule has 124 valence electrons. The van der Waals surface area contributed by atoms with E-state index in [1.54, 1.807) is 4.90 Å². The van der Waals surface area contributed by atoms with E-state index in [9.17, 15) is 4.79 Å². The molecule has 1 N–H and O–H groups in total. The highest BCUT2D eigenvalue weighted by molar-refractivity contribution is 5.69. The van der Waals surface area contributed by atoms with Crippen LogP contribution >= 0.6 is 0 Å². The van der Waals surface area contributed by atoms with Gasteiger partial charge in [0.15, 0.2) is 0 Å². The van der Waals surface area contributed by atoms with E-state index in [0.717, 1.165) is 26.3 Å². The summed E-state index contributed by atoms with van der Waals surface area (Å²) in [5.74, 6) is 0. The smallest absolute Gasteiger partial charge is 0.410 e. The van der Waals surface area contributed by atoms with Crippen molar-refractivity contribution in [3.8, 4) is 0 Å². The maximum atomic E-state index is 12.3. The summed E-state index contributed by atoms with van der Waals surface area (Å²) < 4.78 is 10.7. The molecule has 0 aliphatic carbocycles. The van der Waals surface area contributed by atoms with Gasteiger partial charge in [0.05, 0.1) is 13.2 Å². The number of amides is 1. The van der Waals surface area contributed by atoms with Gasteiger partial charge in [-0.15, -0.1) is 0 Å². The molecular weight excluding hydrogens is 268 g/mol. The summed E-state index contributed by atoms with van der Waals surface area (Å²) in [6.07, 6.45) is -0.255. The van der Waals surface area contributed by atoms with E-state index >= 15 is 0 Å². The topological polar surface area (TPSA) is 50.8 Å². The average molecular weight is 300 g/mol. The fourth-order valence-corrected chi connectivity index (χ4v) is 2.15. The highest BCUT2D eigenvalue weighted by Gasteiger charge is 2.33. The largest absolute Gasteiger partial charge is 0.444 e. The first kappa shape index (κ1) is 18.2. The summed E-state index contributed by atoms with van der Waals surface area (Å²) in [5, 5.41) is 3.42. The first-order valence-electron chi connectivity index (χ1n) is 7.72. The van der Waals surface area contributed by atoms with Gasteiger partial charge in [-0.3, -0.25) is 0 Å². The molecule has 1 heterocycles. The second-order valence-corrected chi connectivity index (χ2v) is 8.28. The van der Waals surface area contributed by atoms with Crippen molar-refractivity contribution in [1.29, 1.82) is 0 Å². The number of hydrogen-bond donors (Lipinski definition) is 1. The summed E-state index contributed by atoms with van der Waals surface area (Å²) in [5.41, 5.74) is -0.475. The van der Waals surface area contributed by atoms with Gasteiger partial charge in [0, 0.05) is 30.6 Å². The molecule has 0 aromatic carbocycles. The quantitative estimate of drug-likeness (QED) is 0.793. The van der Waals surface area contributed by atoms with Gasteiger partial charge in [0.1, 0.15) is 5.60 Å². The van der Waals surface area contributed by atoms with Crippen molar-refractivity contribution in [3.05, 3.63) is 0 Å². The third-order valence-corrected chi connectivity index (χ3v) is 3.39. The minimum absolute atomic E-state index is 0.248. The molecule has 0 saturated carbocycles. The Hall–Kier alpha value is -0.810. The third-order valence-electron chi connectivity index (χ3n) is 3.39. The van der Waals surface area contributed by atoms with E-state index in [4.69, 9.17) is 9.47 Å². The Labute approximate surface area is 129 Å². The fraction of sp³-hybridized carbons (Fsp3) is 0.938. The van der Waals surface area contributed by atoms with Crippen LogP contribution in [-0.4, -0.2) is 55.0 Å². The lowest BCUT2D eigenvalue weighted by Crippen LogP contribution is -2.52. The zero-order valence-corrected chi connectivity index (χ0v) is 14.7. The maximum absolute atomic E-state index is 12.3. The zero-order valence-electron chi connectivity index (χ0n) is 14.7. The minimum Gasteiger partial charge on any atom is -0.444 e. The van der Waals surface area contributed by atoms with E-state index in [-0.39, 0.29) is 17.0 Å². The van der Waals surface area contributed by atoms with Crippen molar-refractivity contribution in [1.82, 2.24) is 10.2 Å². The van der Waals surface area contributed by atoms with Gasteiger partial charge >= 0.3 is 6.09 Å². The summed E-state index contributed by atoms with van der Waals surface area (Å²) in [7, 11) is 0. The number of hydrogen-bond acceptors (Lipinski definition) is 4. The van der Waals surface area contributed by atoms with Crippen LogP contribution in [0.5, 0.6) is 0 Å². The molecule has 1 aliphatic rings. The molecule has 1 saturated heterocycles. The molecule has 21 heavy (non-hydrogen) atoms. The van der Waals surface area contributed by atoms with Crippen molar-refractivity contribution in [2.45, 2.75) is 59.6 Å². The maximum Gasteiger partial charge on any atom is 0.410 e. The average Bonchev–Trinajstić information content (AvgIpc) is 2.21. The molecule has 0 unspecified atom stereocenters. The second-order valence-electron chi connectivity index (χ2n) is 8.28. The Kier molecular flexibility index (Phi) is 5.67. The molecule has 0 aromatic rings. The molecule has 1 fully saturated rings. The lowest BCUT2D eigenvalue weighted by molar-refractivity contribution is -0.0991. The van der Waals surface area contributed by atoms with Crippen LogP contribution in [0.4, 0.5) is 4.79 Å². The lowest BCUT2D eigenvalue weighted by Gasteiger charge is -2.39. The van der Waals surface area contributed by atoms with Crippen LogP contribution in [0.2, 0.25) is 0 Å². The van der Waals surface area contributed by atoms with Gasteiger partial charge in [-0.25, -0.2) is 4.79 Å². The molecule has 0 bridgehead atoms. The van der Waals surface area contributed by atoms with Gasteiger partial charge in [0.25, 0.3) is 0 Å². The Morgan fingerprint density at radius 3 is 2.19 bits per heavy atom. The van der Waals surface area contributed by atoms with Gasteiger partial charge in [-0.2, -0.15) is 0 Å². The van der Waals surface area contributed by atoms with E-state index in [1.165, 1.54) is 0 Å². The van der Waals surface area contributed by atoms with E-state index in [0.29, 0.717) is 6.54 Å². The van der Waals surface area contributed by atoms with Crippen LogP contribution < -0.4 is 5.32 Å². The van der Waals surface area contributed by atoms with E-state index in [1.807, 2.05) is 41.5 Å². The zero-order chi connectivity index (χ0) is 16.3. The molecule has 0 atom stereocenters. The highest BCUT2D eigenvalue weighted by atomic mass is 16.6. The van der Waals surface area contributed by atoms with Crippen LogP contribution in [0.25, 0.3) is 0 Å². The molecule has 1 aliphatic heterocycles. The lowest BCUT2D eigenvalue weighted by atomic mass is 9.89. The minimum atomic E-state index is -0.468. The Morgan fingerprint density at radius 2 is 1.81 bits per heavy atom. The summed E-state index contributed by atoms with van der Waals surface area (Å²) >= 11 is 0. The van der Waals surface area contributed by atoms with E-state index in [2.05, 4.69) is 12.2 Å². The van der Waals surface area contributed by atoms with Crippen LogP contribution in [0.15, 0.2) is 0 Å². The molecule has 5 nitrogen and oxygen atoms in total. The number of carbonyl (C=O) groups excluding carboxylic acids is 1. The van der Waals surface area contributed by atoms with Crippen LogP contribution in [0, 0.1) is 5.41 Å². The number of nitrogens with zero attached hydrogens (tertiary/aromatic N) is 1. The predicted octanol–water partition coefficient (Wildman–Crippen LogP) is 2.65. The molecule has 0 aromatic heterocycles. The molecular formula is C16H32N2O3. The Balaban J connectivity index is 2.45. The van der Waals surface area contributed by atoms with Gasteiger partial charge in [-0.1, -0.05) is 6.92 Å². The summed E-state index contributed by atoms with van der Waals surface area (Å²) in [6.45, 7) is 17.9. The number of nitrogens with one attached hydrogen (secondary N) is 1. The van der Waals surface area contributed by atoms with Crippen molar-refractivity contribution in [2.24, 2.45) is 5.41 Å². The van der Waals surface area contributed by atoms with Crippen molar-refractivity contribution >= 4 is 6.09 Å². The van der Waals surface area contributed by atoms with Crippen molar-refractivity contribution in [2.75, 3.05) is 32.8 Å². The number of ether oxygens (including phenoxy) is 2.